The first-order chi connectivity index (χ1) is 15.0. The molecule has 0 saturated carbocycles. The Kier molecular flexibility index (Phi) is 7.99. The van der Waals surface area contributed by atoms with E-state index < -0.39 is 0 Å². The Morgan fingerprint density at radius 2 is 1.52 bits per heavy atom. The second-order valence-electron chi connectivity index (χ2n) is 7.97. The molecule has 164 valence electrons. The van der Waals surface area contributed by atoms with E-state index in [-0.39, 0.29) is 36.5 Å². The minimum absolute atomic E-state index is 0.0428. The molecule has 5 nitrogen and oxygen atoms in total. The highest BCUT2D eigenvalue weighted by molar-refractivity contribution is 5.86. The SMILES string of the molecule is CCCC(=O)CN(CCCC(=O)OCC1c2ccccc2-c2ccccc21)C(=O)CC. The van der Waals surface area contributed by atoms with E-state index in [0.29, 0.717) is 32.4 Å². The maximum atomic E-state index is 12.4. The Balaban J connectivity index is 1.52. The molecule has 0 bridgehead atoms. The van der Waals surface area contributed by atoms with E-state index in [1.165, 1.54) is 22.3 Å². The molecule has 0 fully saturated rings. The fourth-order valence-electron chi connectivity index (χ4n) is 4.19. The van der Waals surface area contributed by atoms with Crippen LogP contribution in [0.15, 0.2) is 48.5 Å². The number of esters is 1. The van der Waals surface area contributed by atoms with Crippen molar-refractivity contribution in [2.75, 3.05) is 19.7 Å². The number of carbonyl (C=O) groups is 3. The molecule has 2 aromatic carbocycles. The largest absolute Gasteiger partial charge is 0.465 e. The van der Waals surface area contributed by atoms with Gasteiger partial charge < -0.3 is 9.64 Å². The van der Waals surface area contributed by atoms with Crippen LogP contribution in [0.5, 0.6) is 0 Å². The third-order valence-electron chi connectivity index (χ3n) is 5.73. The van der Waals surface area contributed by atoms with Crippen LogP contribution in [0.4, 0.5) is 0 Å². The zero-order valence-electron chi connectivity index (χ0n) is 18.4. The molecule has 1 aliphatic rings. The molecule has 0 aliphatic heterocycles. The number of carbonyl (C=O) groups excluding carboxylic acids is 3. The van der Waals surface area contributed by atoms with E-state index in [9.17, 15) is 14.4 Å². The maximum Gasteiger partial charge on any atom is 0.305 e. The quantitative estimate of drug-likeness (QED) is 0.492. The van der Waals surface area contributed by atoms with E-state index in [4.69, 9.17) is 4.74 Å². The van der Waals surface area contributed by atoms with Crippen LogP contribution in [-0.2, 0) is 19.1 Å². The second-order valence-corrected chi connectivity index (χ2v) is 7.97. The molecule has 0 unspecified atom stereocenters. The van der Waals surface area contributed by atoms with Gasteiger partial charge >= 0.3 is 5.97 Å². The van der Waals surface area contributed by atoms with E-state index >= 15 is 0 Å². The van der Waals surface area contributed by atoms with Crippen LogP contribution in [0.25, 0.3) is 11.1 Å². The standard InChI is InChI=1S/C26H31NO4/c1-3-10-19(28)17-27(25(29)4-2)16-9-15-26(30)31-18-24-22-13-7-5-11-20(22)21-12-6-8-14-23(21)24/h5-8,11-14,24H,3-4,9-10,15-18H2,1-2H3. The van der Waals surface area contributed by atoms with Crippen molar-refractivity contribution in [2.45, 2.75) is 51.9 Å². The number of fused-ring (bicyclic) bond motifs is 3. The Bertz CT molecular complexity index is 891. The molecular weight excluding hydrogens is 390 g/mol. The van der Waals surface area contributed by atoms with Gasteiger partial charge in [0.25, 0.3) is 0 Å². The minimum Gasteiger partial charge on any atom is -0.465 e. The van der Waals surface area contributed by atoms with Gasteiger partial charge in [-0.3, -0.25) is 14.4 Å². The molecule has 0 saturated heterocycles. The summed E-state index contributed by atoms with van der Waals surface area (Å²) in [5, 5.41) is 0. The highest BCUT2D eigenvalue weighted by Gasteiger charge is 2.29. The summed E-state index contributed by atoms with van der Waals surface area (Å²) in [5.74, 6) is -0.228. The number of Topliss-reactive ketones (excluding diaryl/α,β-unsaturated/α-hetero) is 1. The summed E-state index contributed by atoms with van der Waals surface area (Å²) in [6, 6.07) is 16.5. The summed E-state index contributed by atoms with van der Waals surface area (Å²) >= 11 is 0. The number of hydrogen-bond donors (Lipinski definition) is 0. The van der Waals surface area contributed by atoms with E-state index in [2.05, 4.69) is 24.3 Å². The zero-order valence-corrected chi connectivity index (χ0v) is 18.4. The van der Waals surface area contributed by atoms with Gasteiger partial charge in [0.2, 0.25) is 5.91 Å². The first-order valence-corrected chi connectivity index (χ1v) is 11.2. The molecule has 5 heteroatoms. The average molecular weight is 422 g/mol. The van der Waals surface area contributed by atoms with Gasteiger partial charge in [-0.25, -0.2) is 0 Å². The molecule has 0 radical (unpaired) electrons. The first kappa shape index (κ1) is 22.7. The van der Waals surface area contributed by atoms with Crippen molar-refractivity contribution in [3.05, 3.63) is 59.7 Å². The highest BCUT2D eigenvalue weighted by Crippen LogP contribution is 2.44. The van der Waals surface area contributed by atoms with Crippen molar-refractivity contribution >= 4 is 17.7 Å². The number of amides is 1. The van der Waals surface area contributed by atoms with Crippen molar-refractivity contribution in [2.24, 2.45) is 0 Å². The van der Waals surface area contributed by atoms with Gasteiger partial charge in [-0.05, 0) is 35.1 Å². The monoisotopic (exact) mass is 421 g/mol. The summed E-state index contributed by atoms with van der Waals surface area (Å²) < 4.78 is 5.62. The molecule has 31 heavy (non-hydrogen) atoms. The smallest absolute Gasteiger partial charge is 0.305 e. The van der Waals surface area contributed by atoms with Crippen LogP contribution >= 0.6 is 0 Å². The Morgan fingerprint density at radius 1 is 0.903 bits per heavy atom. The normalized spacial score (nSPS) is 12.2. The summed E-state index contributed by atoms with van der Waals surface area (Å²) in [6.45, 7) is 4.56. The minimum atomic E-state index is -0.273. The first-order valence-electron chi connectivity index (χ1n) is 11.2. The highest BCUT2D eigenvalue weighted by atomic mass is 16.5. The molecule has 1 aliphatic carbocycles. The van der Waals surface area contributed by atoms with Crippen LogP contribution in [0, 0.1) is 0 Å². The second kappa shape index (κ2) is 10.9. The molecule has 0 aromatic heterocycles. The van der Waals surface area contributed by atoms with Gasteiger partial charge in [0.05, 0.1) is 6.54 Å². The van der Waals surface area contributed by atoms with Gasteiger partial charge in [-0.2, -0.15) is 0 Å². The van der Waals surface area contributed by atoms with Gasteiger partial charge in [-0.1, -0.05) is 62.4 Å². The Morgan fingerprint density at radius 3 is 2.10 bits per heavy atom. The summed E-state index contributed by atoms with van der Waals surface area (Å²) in [6.07, 6.45) is 2.31. The van der Waals surface area contributed by atoms with Crippen molar-refractivity contribution < 1.29 is 19.1 Å². The van der Waals surface area contributed by atoms with E-state index in [1.807, 2.05) is 31.2 Å². The van der Waals surface area contributed by atoms with Gasteiger partial charge in [0, 0.05) is 31.7 Å². The van der Waals surface area contributed by atoms with Crippen LogP contribution < -0.4 is 0 Å². The molecule has 2 aromatic rings. The van der Waals surface area contributed by atoms with Gasteiger partial charge in [0.1, 0.15) is 6.61 Å². The van der Waals surface area contributed by atoms with Gasteiger partial charge in [0.15, 0.2) is 5.78 Å². The Hall–Kier alpha value is -2.95. The number of hydrogen-bond acceptors (Lipinski definition) is 4. The number of benzene rings is 2. The number of rotatable bonds is 11. The molecule has 0 spiro atoms. The predicted molar refractivity (Wildman–Crippen MR) is 121 cm³/mol. The van der Waals surface area contributed by atoms with E-state index in [1.54, 1.807) is 11.8 Å². The van der Waals surface area contributed by atoms with Crippen LogP contribution in [-0.4, -0.2) is 42.3 Å². The van der Waals surface area contributed by atoms with Gasteiger partial charge in [-0.15, -0.1) is 0 Å². The van der Waals surface area contributed by atoms with Crippen molar-refractivity contribution in [3.8, 4) is 11.1 Å². The lowest BCUT2D eigenvalue weighted by Gasteiger charge is -2.21. The molecule has 0 N–H and O–H groups in total. The van der Waals surface area contributed by atoms with Crippen LogP contribution in [0.3, 0.4) is 0 Å². The lowest BCUT2D eigenvalue weighted by molar-refractivity contribution is -0.144. The lowest BCUT2D eigenvalue weighted by Crippen LogP contribution is -2.36. The fourth-order valence-corrected chi connectivity index (χ4v) is 4.19. The molecule has 1 amide bonds. The third-order valence-corrected chi connectivity index (χ3v) is 5.73. The van der Waals surface area contributed by atoms with Crippen molar-refractivity contribution in [1.29, 1.82) is 0 Å². The summed E-state index contributed by atoms with van der Waals surface area (Å²) in [7, 11) is 0. The summed E-state index contributed by atoms with van der Waals surface area (Å²) in [5.41, 5.74) is 4.77. The fraction of sp³-hybridized carbons (Fsp3) is 0.423. The number of nitrogens with zero attached hydrogens (tertiary/aromatic N) is 1. The molecule has 3 rings (SSSR count). The van der Waals surface area contributed by atoms with Crippen LogP contribution in [0.2, 0.25) is 0 Å². The zero-order chi connectivity index (χ0) is 22.2. The number of ether oxygens (including phenoxy) is 1. The summed E-state index contributed by atoms with van der Waals surface area (Å²) in [4.78, 5) is 38.0. The van der Waals surface area contributed by atoms with Crippen molar-refractivity contribution in [3.63, 3.8) is 0 Å². The predicted octanol–water partition coefficient (Wildman–Crippen LogP) is 4.73. The molecule has 0 heterocycles. The average Bonchev–Trinajstić information content (AvgIpc) is 3.10. The molecular formula is C26H31NO4. The Labute approximate surface area is 184 Å². The lowest BCUT2D eigenvalue weighted by atomic mass is 9.98. The number of ketones is 1. The van der Waals surface area contributed by atoms with Crippen LogP contribution in [0.1, 0.15) is 63.0 Å². The van der Waals surface area contributed by atoms with E-state index in [0.717, 1.165) is 6.42 Å². The van der Waals surface area contributed by atoms with Crippen molar-refractivity contribution in [1.82, 2.24) is 4.90 Å². The maximum absolute atomic E-state index is 12.4. The topological polar surface area (TPSA) is 63.7 Å². The molecule has 0 atom stereocenters. The third kappa shape index (κ3) is 5.60.